The third-order valence-corrected chi connectivity index (χ3v) is 9.67. The summed E-state index contributed by atoms with van der Waals surface area (Å²) >= 11 is 10.1. The molecule has 45 heavy (non-hydrogen) atoms. The van der Waals surface area contributed by atoms with Crippen LogP contribution in [0.15, 0.2) is 0 Å². The first-order valence-electron chi connectivity index (χ1n) is 19.0. The molecule has 7 heteroatoms. The van der Waals surface area contributed by atoms with Crippen LogP contribution in [0, 0.1) is 23.7 Å². The molecule has 0 aromatic rings. The van der Waals surface area contributed by atoms with Gasteiger partial charge in [-0.15, -0.1) is 0 Å². The molecular weight excluding hydrogens is 601 g/mol. The SMILES string of the molecule is CCCCCC(CCCC)CCC(CCOCCOCCOCCC(CCC(CCCC)CCCCC)CC(O)=S)CC(O)=S. The molecule has 0 aliphatic heterocycles. The molecule has 268 valence electrons. The third kappa shape index (κ3) is 30.7. The molecule has 4 atom stereocenters. The van der Waals surface area contributed by atoms with Crippen molar-refractivity contribution in [3.8, 4) is 0 Å². The van der Waals surface area contributed by atoms with Gasteiger partial charge in [0.05, 0.1) is 26.4 Å². The highest BCUT2D eigenvalue weighted by Crippen LogP contribution is 2.28. The summed E-state index contributed by atoms with van der Waals surface area (Å²) in [6.07, 6.45) is 26.1. The minimum absolute atomic E-state index is 0.128. The number of aliphatic hydroxyl groups is 2. The zero-order valence-corrected chi connectivity index (χ0v) is 31.7. The van der Waals surface area contributed by atoms with E-state index in [0.29, 0.717) is 64.3 Å². The summed E-state index contributed by atoms with van der Waals surface area (Å²) in [5.74, 6) is 2.37. The predicted molar refractivity (Wildman–Crippen MR) is 201 cm³/mol. The van der Waals surface area contributed by atoms with E-state index in [1.807, 2.05) is 0 Å². The molecule has 0 bridgehead atoms. The topological polar surface area (TPSA) is 68.2 Å². The lowest BCUT2D eigenvalue weighted by atomic mass is 9.86. The van der Waals surface area contributed by atoms with Crippen LogP contribution >= 0.6 is 24.4 Å². The lowest BCUT2D eigenvalue weighted by Crippen LogP contribution is -2.15. The highest BCUT2D eigenvalue weighted by molar-refractivity contribution is 7.80. The van der Waals surface area contributed by atoms with Gasteiger partial charge in [-0.2, -0.15) is 0 Å². The van der Waals surface area contributed by atoms with Gasteiger partial charge in [0.25, 0.3) is 0 Å². The van der Waals surface area contributed by atoms with Crippen LogP contribution in [-0.2, 0) is 14.2 Å². The fourth-order valence-electron chi connectivity index (χ4n) is 6.39. The second-order valence-corrected chi connectivity index (χ2v) is 14.4. The second-order valence-electron chi connectivity index (χ2n) is 13.5. The van der Waals surface area contributed by atoms with Gasteiger partial charge >= 0.3 is 0 Å². The van der Waals surface area contributed by atoms with E-state index in [1.165, 1.54) is 103 Å². The monoisotopic (exact) mass is 674 g/mol. The molecular formula is C38H74O5S2. The number of thiocarbonyl (C=S) groups is 2. The zero-order chi connectivity index (χ0) is 33.4. The maximum atomic E-state index is 9.79. The van der Waals surface area contributed by atoms with E-state index in [9.17, 15) is 10.2 Å². The zero-order valence-electron chi connectivity index (χ0n) is 30.0. The van der Waals surface area contributed by atoms with E-state index in [4.69, 9.17) is 38.6 Å². The maximum Gasteiger partial charge on any atom is 0.156 e. The van der Waals surface area contributed by atoms with Crippen LogP contribution in [0.2, 0.25) is 0 Å². The summed E-state index contributed by atoms with van der Waals surface area (Å²) in [4.78, 5) is 0. The van der Waals surface area contributed by atoms with Gasteiger partial charge in [0.15, 0.2) is 10.1 Å². The summed E-state index contributed by atoms with van der Waals surface area (Å²) in [6, 6.07) is 0. The summed E-state index contributed by atoms with van der Waals surface area (Å²) in [6.45, 7) is 12.7. The van der Waals surface area contributed by atoms with Gasteiger partial charge in [0.1, 0.15) is 0 Å². The first-order valence-corrected chi connectivity index (χ1v) is 19.8. The first-order chi connectivity index (χ1) is 21.9. The first kappa shape index (κ1) is 44.7. The summed E-state index contributed by atoms with van der Waals surface area (Å²) in [7, 11) is 0. The molecule has 0 aliphatic carbocycles. The molecule has 0 heterocycles. The minimum atomic E-state index is 0.128. The molecule has 0 aromatic heterocycles. The van der Waals surface area contributed by atoms with Crippen LogP contribution in [-0.4, -0.2) is 60.0 Å². The van der Waals surface area contributed by atoms with Gasteiger partial charge in [-0.3, -0.25) is 0 Å². The highest BCUT2D eigenvalue weighted by atomic mass is 32.1. The molecule has 0 radical (unpaired) electrons. The standard InChI is InChI=1S/C38H74O5S2/c1-5-9-13-17-33(15-11-7-3)19-21-35(31-37(39)44)23-25-41-27-29-43-30-28-42-26-24-36(32-38(40)45)22-20-34(16-12-8-4)18-14-10-6-2/h33-36H,5-32H2,1-4H3,(H,39,44)(H,40,45). The van der Waals surface area contributed by atoms with Crippen molar-refractivity contribution in [2.75, 3.05) is 39.6 Å². The van der Waals surface area contributed by atoms with Crippen molar-refractivity contribution in [3.63, 3.8) is 0 Å². The van der Waals surface area contributed by atoms with Gasteiger partial charge in [0, 0.05) is 26.1 Å². The van der Waals surface area contributed by atoms with Crippen LogP contribution < -0.4 is 0 Å². The van der Waals surface area contributed by atoms with E-state index in [0.717, 1.165) is 37.5 Å². The Morgan fingerprint density at radius 1 is 0.400 bits per heavy atom. The summed E-state index contributed by atoms with van der Waals surface area (Å²) < 4.78 is 17.5. The molecule has 2 N–H and O–H groups in total. The summed E-state index contributed by atoms with van der Waals surface area (Å²) in [5, 5.41) is 19.8. The number of aliphatic hydroxyl groups excluding tert-OH is 2. The smallest absolute Gasteiger partial charge is 0.156 e. The van der Waals surface area contributed by atoms with Gasteiger partial charge in [0.2, 0.25) is 0 Å². The van der Waals surface area contributed by atoms with E-state index < -0.39 is 0 Å². The number of ether oxygens (including phenoxy) is 3. The van der Waals surface area contributed by atoms with Crippen LogP contribution in [0.1, 0.15) is 169 Å². The molecule has 0 saturated heterocycles. The number of unbranched alkanes of at least 4 members (excludes halogenated alkanes) is 6. The van der Waals surface area contributed by atoms with Gasteiger partial charge in [-0.05, 0) is 73.8 Å². The van der Waals surface area contributed by atoms with Crippen molar-refractivity contribution in [1.29, 1.82) is 0 Å². The molecule has 5 nitrogen and oxygen atoms in total. The largest absolute Gasteiger partial charge is 0.502 e. The van der Waals surface area contributed by atoms with E-state index in [1.54, 1.807) is 0 Å². The Balaban J connectivity index is 4.19. The fraction of sp³-hybridized carbons (Fsp3) is 0.947. The molecule has 0 fully saturated rings. The van der Waals surface area contributed by atoms with E-state index in [2.05, 4.69) is 27.7 Å². The van der Waals surface area contributed by atoms with Crippen molar-refractivity contribution in [2.45, 2.75) is 169 Å². The Morgan fingerprint density at radius 3 is 1.04 bits per heavy atom. The van der Waals surface area contributed by atoms with Crippen molar-refractivity contribution >= 4 is 34.5 Å². The van der Waals surface area contributed by atoms with Crippen molar-refractivity contribution in [3.05, 3.63) is 0 Å². The number of rotatable bonds is 36. The maximum absolute atomic E-state index is 9.79. The molecule has 0 amide bonds. The van der Waals surface area contributed by atoms with Crippen LogP contribution in [0.5, 0.6) is 0 Å². The van der Waals surface area contributed by atoms with Crippen molar-refractivity contribution < 1.29 is 24.4 Å². The van der Waals surface area contributed by atoms with E-state index >= 15 is 0 Å². The minimum Gasteiger partial charge on any atom is -0.502 e. The second kappa shape index (κ2) is 33.6. The van der Waals surface area contributed by atoms with E-state index in [-0.39, 0.29) is 10.1 Å². The van der Waals surface area contributed by atoms with Crippen LogP contribution in [0.25, 0.3) is 0 Å². The van der Waals surface area contributed by atoms with Gasteiger partial charge < -0.3 is 24.4 Å². The normalized spacial score (nSPS) is 14.3. The predicted octanol–water partition coefficient (Wildman–Crippen LogP) is 11.9. The Hall–Kier alpha value is -0.340. The van der Waals surface area contributed by atoms with Crippen molar-refractivity contribution in [2.24, 2.45) is 23.7 Å². The van der Waals surface area contributed by atoms with Gasteiger partial charge in [-0.1, -0.05) is 130 Å². The Kier molecular flexibility index (Phi) is 33.3. The lowest BCUT2D eigenvalue weighted by Gasteiger charge is -2.21. The molecule has 0 rings (SSSR count). The Labute approximate surface area is 290 Å². The molecule has 0 saturated carbocycles. The van der Waals surface area contributed by atoms with Crippen molar-refractivity contribution in [1.82, 2.24) is 0 Å². The average molecular weight is 675 g/mol. The molecule has 0 aromatic carbocycles. The number of hydrogen-bond donors (Lipinski definition) is 2. The molecule has 0 aliphatic rings. The average Bonchev–Trinajstić information content (AvgIpc) is 3.00. The lowest BCUT2D eigenvalue weighted by molar-refractivity contribution is 0.00979. The Morgan fingerprint density at radius 2 is 0.711 bits per heavy atom. The Bertz CT molecular complexity index is 608. The number of hydrogen-bond acceptors (Lipinski definition) is 5. The fourth-order valence-corrected chi connectivity index (χ4v) is 6.86. The van der Waals surface area contributed by atoms with Gasteiger partial charge in [-0.25, -0.2) is 0 Å². The third-order valence-electron chi connectivity index (χ3n) is 9.34. The van der Waals surface area contributed by atoms with Crippen LogP contribution in [0.3, 0.4) is 0 Å². The molecule has 4 unspecified atom stereocenters. The summed E-state index contributed by atoms with van der Waals surface area (Å²) in [5.41, 5.74) is 0. The van der Waals surface area contributed by atoms with Crippen LogP contribution in [0.4, 0.5) is 0 Å². The highest BCUT2D eigenvalue weighted by Gasteiger charge is 2.17. The quantitative estimate of drug-likeness (QED) is 0.0506. The molecule has 0 spiro atoms.